The molecule has 0 saturated carbocycles. The summed E-state index contributed by atoms with van der Waals surface area (Å²) in [7, 11) is 1.60. The summed E-state index contributed by atoms with van der Waals surface area (Å²) in [6, 6.07) is 14.0. The van der Waals surface area contributed by atoms with E-state index in [9.17, 15) is 9.90 Å². The number of methoxy groups -OCH3 is 1. The molecule has 0 saturated heterocycles. The first-order valence-electron chi connectivity index (χ1n) is 7.23. The number of aliphatic carboxylic acids is 1. The highest BCUT2D eigenvalue weighted by molar-refractivity contribution is 7.80. The lowest BCUT2D eigenvalue weighted by molar-refractivity contribution is -0.307. The summed E-state index contributed by atoms with van der Waals surface area (Å²) in [6.45, 7) is -0.486. The van der Waals surface area contributed by atoms with E-state index in [4.69, 9.17) is 21.7 Å². The lowest BCUT2D eigenvalue weighted by Gasteiger charge is -2.08. The van der Waals surface area contributed by atoms with Crippen molar-refractivity contribution in [3.8, 4) is 11.5 Å². The number of nitrogens with one attached hydrogen (secondary N) is 2. The van der Waals surface area contributed by atoms with Gasteiger partial charge in [-0.3, -0.25) is 5.43 Å². The Morgan fingerprint density at radius 2 is 1.80 bits per heavy atom. The molecule has 2 N–H and O–H groups in total. The molecule has 0 aliphatic rings. The Hall–Kier alpha value is -3.13. The van der Waals surface area contributed by atoms with Gasteiger partial charge in [-0.05, 0) is 66.3 Å². The molecule has 0 bridgehead atoms. The van der Waals surface area contributed by atoms with Gasteiger partial charge in [-0.15, -0.1) is 0 Å². The van der Waals surface area contributed by atoms with Crippen molar-refractivity contribution in [2.45, 2.75) is 0 Å². The number of rotatable bonds is 7. The molecular weight excluding hydrogens is 342 g/mol. The van der Waals surface area contributed by atoms with Crippen molar-refractivity contribution in [3.63, 3.8) is 0 Å². The number of hydrazone groups is 1. The minimum atomic E-state index is -1.27. The van der Waals surface area contributed by atoms with Gasteiger partial charge >= 0.3 is 0 Å². The second-order valence-electron chi connectivity index (χ2n) is 4.78. The van der Waals surface area contributed by atoms with E-state index in [-0.39, 0.29) is 0 Å². The molecule has 130 valence electrons. The Labute approximate surface area is 150 Å². The van der Waals surface area contributed by atoms with E-state index in [0.717, 1.165) is 17.0 Å². The monoisotopic (exact) mass is 358 g/mol. The lowest BCUT2D eigenvalue weighted by atomic mass is 10.2. The highest BCUT2D eigenvalue weighted by Gasteiger charge is 1.97. The molecule has 0 radical (unpaired) electrons. The molecule has 25 heavy (non-hydrogen) atoms. The largest absolute Gasteiger partial charge is 0.546 e. The van der Waals surface area contributed by atoms with Gasteiger partial charge in [0.25, 0.3) is 0 Å². The van der Waals surface area contributed by atoms with Gasteiger partial charge in [0.05, 0.1) is 19.3 Å². The van der Waals surface area contributed by atoms with Gasteiger partial charge in [0.15, 0.2) is 5.11 Å². The van der Waals surface area contributed by atoms with Gasteiger partial charge in [0.2, 0.25) is 0 Å². The molecule has 7 nitrogen and oxygen atoms in total. The molecule has 0 unspecified atom stereocenters. The van der Waals surface area contributed by atoms with Crippen molar-refractivity contribution in [1.29, 1.82) is 0 Å². The van der Waals surface area contributed by atoms with E-state index >= 15 is 0 Å². The van der Waals surface area contributed by atoms with Crippen LogP contribution in [-0.2, 0) is 4.79 Å². The fourth-order valence-corrected chi connectivity index (χ4v) is 1.96. The Morgan fingerprint density at radius 3 is 2.40 bits per heavy atom. The zero-order chi connectivity index (χ0) is 18.1. The highest BCUT2D eigenvalue weighted by atomic mass is 32.1. The molecule has 2 aromatic rings. The average molecular weight is 358 g/mol. The van der Waals surface area contributed by atoms with Crippen LogP contribution in [0.3, 0.4) is 0 Å². The van der Waals surface area contributed by atoms with E-state index in [1.165, 1.54) is 0 Å². The molecule has 0 spiro atoms. The Morgan fingerprint density at radius 1 is 1.16 bits per heavy atom. The number of carboxylic acid groups (broad SMARTS) is 1. The number of carboxylic acids is 1. The quantitative estimate of drug-likeness (QED) is 0.435. The van der Waals surface area contributed by atoms with Crippen LogP contribution in [0.5, 0.6) is 11.5 Å². The number of anilines is 1. The van der Waals surface area contributed by atoms with Crippen molar-refractivity contribution in [3.05, 3.63) is 54.1 Å². The summed E-state index contributed by atoms with van der Waals surface area (Å²) in [4.78, 5) is 10.3. The van der Waals surface area contributed by atoms with Crippen LogP contribution in [0.25, 0.3) is 0 Å². The van der Waals surface area contributed by atoms with Crippen molar-refractivity contribution in [1.82, 2.24) is 5.43 Å². The Balaban J connectivity index is 1.81. The second kappa shape index (κ2) is 9.24. The van der Waals surface area contributed by atoms with Crippen LogP contribution in [0.1, 0.15) is 5.56 Å². The summed E-state index contributed by atoms with van der Waals surface area (Å²) in [5.41, 5.74) is 4.30. The molecule has 0 aromatic heterocycles. The highest BCUT2D eigenvalue weighted by Crippen LogP contribution is 2.14. The summed E-state index contributed by atoms with van der Waals surface area (Å²) in [6.07, 6.45) is 1.57. The van der Waals surface area contributed by atoms with E-state index < -0.39 is 12.6 Å². The summed E-state index contributed by atoms with van der Waals surface area (Å²) in [5, 5.41) is 17.7. The maximum atomic E-state index is 10.3. The van der Waals surface area contributed by atoms with E-state index in [0.29, 0.717) is 10.9 Å². The van der Waals surface area contributed by atoms with Crippen molar-refractivity contribution >= 4 is 35.2 Å². The number of benzene rings is 2. The van der Waals surface area contributed by atoms with E-state index in [2.05, 4.69) is 15.8 Å². The Kier molecular flexibility index (Phi) is 6.73. The first-order valence-corrected chi connectivity index (χ1v) is 7.64. The summed E-state index contributed by atoms with van der Waals surface area (Å²) >= 11 is 5.14. The molecule has 2 rings (SSSR count). The van der Waals surface area contributed by atoms with Gasteiger partial charge in [-0.1, -0.05) is 0 Å². The first-order chi connectivity index (χ1) is 12.1. The number of carbonyl (C=O) groups is 1. The van der Waals surface area contributed by atoms with Gasteiger partial charge < -0.3 is 24.7 Å². The summed E-state index contributed by atoms with van der Waals surface area (Å²) < 4.78 is 10.1. The first kappa shape index (κ1) is 18.2. The van der Waals surface area contributed by atoms with Gasteiger partial charge in [0.1, 0.15) is 18.1 Å². The SMILES string of the molecule is COc1ccc(NC(=S)N/N=C\c2ccc(OCC(=O)[O-])cc2)cc1. The average Bonchev–Trinajstić information content (AvgIpc) is 2.61. The molecule has 0 fully saturated rings. The molecule has 0 aliphatic heterocycles. The standard InChI is InChI=1S/C17H17N3O4S/c1-23-14-8-4-13(5-9-14)19-17(25)20-18-10-12-2-6-15(7-3-12)24-11-16(21)22/h2-10H,11H2,1H3,(H,21,22)(H2,19,20,25)/p-1/b18-10-. The van der Waals surface area contributed by atoms with Crippen LogP contribution >= 0.6 is 12.2 Å². The van der Waals surface area contributed by atoms with E-state index in [1.54, 1.807) is 37.6 Å². The number of nitrogens with zero attached hydrogens (tertiary/aromatic N) is 1. The number of hydrogen-bond acceptors (Lipinski definition) is 6. The zero-order valence-corrected chi connectivity index (χ0v) is 14.2. The maximum absolute atomic E-state index is 10.3. The lowest BCUT2D eigenvalue weighted by Crippen LogP contribution is -2.28. The molecule has 0 aliphatic carbocycles. The molecule has 0 amide bonds. The Bertz CT molecular complexity index is 745. The van der Waals surface area contributed by atoms with Crippen LogP contribution in [0, 0.1) is 0 Å². The summed E-state index contributed by atoms with van der Waals surface area (Å²) in [5.74, 6) is -0.0757. The molecule has 0 heterocycles. The van der Waals surface area contributed by atoms with Crippen LogP contribution in [0.4, 0.5) is 5.69 Å². The van der Waals surface area contributed by atoms with Crippen LogP contribution < -0.4 is 25.3 Å². The van der Waals surface area contributed by atoms with Gasteiger partial charge in [-0.2, -0.15) is 5.10 Å². The van der Waals surface area contributed by atoms with Crippen LogP contribution in [-0.4, -0.2) is 31.0 Å². The molecular formula is C17H16N3O4S-. The zero-order valence-electron chi connectivity index (χ0n) is 13.4. The predicted molar refractivity (Wildman–Crippen MR) is 96.9 cm³/mol. The van der Waals surface area contributed by atoms with Crippen LogP contribution in [0.15, 0.2) is 53.6 Å². The topological polar surface area (TPSA) is 95.0 Å². The van der Waals surface area contributed by atoms with Crippen LogP contribution in [0.2, 0.25) is 0 Å². The molecule has 2 aromatic carbocycles. The van der Waals surface area contributed by atoms with E-state index in [1.807, 2.05) is 24.3 Å². The van der Waals surface area contributed by atoms with Crippen molar-refractivity contribution in [2.24, 2.45) is 5.10 Å². The molecule has 8 heteroatoms. The third-order valence-electron chi connectivity index (χ3n) is 2.96. The number of thiocarbonyl (C=S) groups is 1. The molecule has 0 atom stereocenters. The number of carbonyl (C=O) groups excluding carboxylic acids is 1. The maximum Gasteiger partial charge on any atom is 0.191 e. The minimum Gasteiger partial charge on any atom is -0.546 e. The third kappa shape index (κ3) is 6.48. The van der Waals surface area contributed by atoms with Crippen molar-refractivity contribution in [2.75, 3.05) is 19.0 Å². The second-order valence-corrected chi connectivity index (χ2v) is 5.19. The number of ether oxygens (including phenoxy) is 2. The number of hydrogen-bond donors (Lipinski definition) is 2. The predicted octanol–water partition coefficient (Wildman–Crippen LogP) is 1.14. The third-order valence-corrected chi connectivity index (χ3v) is 3.16. The fourth-order valence-electron chi connectivity index (χ4n) is 1.79. The van der Waals surface area contributed by atoms with Gasteiger partial charge in [-0.25, -0.2) is 0 Å². The smallest absolute Gasteiger partial charge is 0.191 e. The normalized spacial score (nSPS) is 10.3. The van der Waals surface area contributed by atoms with Gasteiger partial charge in [0, 0.05) is 5.69 Å². The fraction of sp³-hybridized carbons (Fsp3) is 0.118. The minimum absolute atomic E-state index is 0.343. The van der Waals surface area contributed by atoms with Crippen molar-refractivity contribution < 1.29 is 19.4 Å².